The van der Waals surface area contributed by atoms with Crippen molar-refractivity contribution in [2.45, 2.75) is 38.1 Å². The van der Waals surface area contributed by atoms with E-state index in [0.29, 0.717) is 44.5 Å². The molecule has 9 heteroatoms. The number of halogens is 1. The molecular formula is C26H23ClN4O3S. The molecule has 0 unspecified atom stereocenters. The van der Waals surface area contributed by atoms with Crippen LogP contribution in [-0.4, -0.2) is 26.8 Å². The SMILES string of the molecule is CCCCSc1nnc2c(n1)O[C@H](c1ccc(-c3cccc(Cl)c3)o1)N(C(C)=O)c1ccccc1-2. The predicted molar refractivity (Wildman–Crippen MR) is 137 cm³/mol. The maximum atomic E-state index is 12.9. The van der Waals surface area contributed by atoms with Crippen LogP contribution in [0.2, 0.25) is 5.02 Å². The molecule has 4 aromatic rings. The van der Waals surface area contributed by atoms with E-state index < -0.39 is 6.23 Å². The number of nitrogens with zero attached hydrogens (tertiary/aromatic N) is 4. The van der Waals surface area contributed by atoms with Crippen LogP contribution in [0.1, 0.15) is 38.7 Å². The highest BCUT2D eigenvalue weighted by Crippen LogP contribution is 2.44. The third kappa shape index (κ3) is 4.76. The standard InChI is InChI=1S/C26H23ClN4O3S/c1-3-4-14-35-26-28-24-23(29-30-26)19-10-5-6-11-20(19)31(16(2)32)25(34-24)22-13-12-21(33-22)17-8-7-9-18(27)15-17/h5-13,15,25H,3-4,14H2,1-2H3/t25-/m1/s1. The van der Waals surface area contributed by atoms with Crippen LogP contribution in [0.25, 0.3) is 22.6 Å². The second-order valence-electron chi connectivity index (χ2n) is 8.04. The number of amides is 1. The van der Waals surface area contributed by atoms with Gasteiger partial charge in [-0.2, -0.15) is 4.98 Å². The summed E-state index contributed by atoms with van der Waals surface area (Å²) >= 11 is 7.70. The van der Waals surface area contributed by atoms with Crippen molar-refractivity contribution < 1.29 is 13.9 Å². The maximum Gasteiger partial charge on any atom is 0.247 e. The number of benzene rings is 2. The first-order valence-electron chi connectivity index (χ1n) is 11.3. The second-order valence-corrected chi connectivity index (χ2v) is 9.54. The lowest BCUT2D eigenvalue weighted by molar-refractivity contribution is -0.118. The summed E-state index contributed by atoms with van der Waals surface area (Å²) in [6, 6.07) is 18.5. The van der Waals surface area contributed by atoms with Gasteiger partial charge in [0.25, 0.3) is 0 Å². The molecule has 1 amide bonds. The van der Waals surface area contributed by atoms with E-state index in [4.69, 9.17) is 20.8 Å². The molecular weight excluding hydrogens is 484 g/mol. The number of fused-ring (bicyclic) bond motifs is 3. The number of unbranched alkanes of at least 4 members (excludes halogenated alkanes) is 1. The normalized spacial score (nSPS) is 14.6. The Hall–Kier alpha value is -3.36. The molecule has 2 aromatic heterocycles. The number of thioether (sulfide) groups is 1. The Morgan fingerprint density at radius 2 is 1.97 bits per heavy atom. The summed E-state index contributed by atoms with van der Waals surface area (Å²) in [7, 11) is 0. The van der Waals surface area contributed by atoms with Gasteiger partial charge in [0.2, 0.25) is 23.2 Å². The third-order valence-corrected chi connectivity index (χ3v) is 6.72. The molecule has 1 aliphatic heterocycles. The van der Waals surface area contributed by atoms with E-state index in [0.717, 1.165) is 24.2 Å². The molecule has 0 bridgehead atoms. The Bertz CT molecular complexity index is 1380. The summed E-state index contributed by atoms with van der Waals surface area (Å²) in [6.07, 6.45) is 1.25. The molecule has 0 fully saturated rings. The Morgan fingerprint density at radius 3 is 2.77 bits per heavy atom. The molecule has 7 nitrogen and oxygen atoms in total. The van der Waals surface area contributed by atoms with Crippen molar-refractivity contribution in [3.8, 4) is 28.5 Å². The number of aromatic nitrogens is 3. The average Bonchev–Trinajstić information content (AvgIpc) is 3.29. The second kappa shape index (κ2) is 10.1. The van der Waals surface area contributed by atoms with Gasteiger partial charge in [0.15, 0.2) is 11.5 Å². The summed E-state index contributed by atoms with van der Waals surface area (Å²) in [5, 5.41) is 9.89. The quantitative estimate of drug-likeness (QED) is 0.210. The fourth-order valence-electron chi connectivity index (χ4n) is 3.89. The minimum Gasteiger partial charge on any atom is -0.455 e. The summed E-state index contributed by atoms with van der Waals surface area (Å²) < 4.78 is 12.6. The molecule has 178 valence electrons. The minimum atomic E-state index is -0.881. The molecule has 3 heterocycles. The van der Waals surface area contributed by atoms with Crippen LogP contribution in [0.3, 0.4) is 0 Å². The number of rotatable bonds is 6. The van der Waals surface area contributed by atoms with Gasteiger partial charge in [-0.25, -0.2) is 0 Å². The highest BCUT2D eigenvalue weighted by molar-refractivity contribution is 7.99. The first kappa shape index (κ1) is 23.4. The van der Waals surface area contributed by atoms with Gasteiger partial charge in [-0.3, -0.25) is 9.69 Å². The van der Waals surface area contributed by atoms with Gasteiger partial charge in [-0.15, -0.1) is 10.2 Å². The summed E-state index contributed by atoms with van der Waals surface area (Å²) in [5.41, 5.74) is 2.67. The zero-order valence-corrected chi connectivity index (χ0v) is 20.8. The molecule has 5 rings (SSSR count). The largest absolute Gasteiger partial charge is 0.455 e. The van der Waals surface area contributed by atoms with Crippen molar-refractivity contribution in [2.24, 2.45) is 0 Å². The van der Waals surface area contributed by atoms with Crippen molar-refractivity contribution in [3.63, 3.8) is 0 Å². The fraction of sp³-hybridized carbons (Fsp3) is 0.231. The molecule has 0 saturated heterocycles. The van der Waals surface area contributed by atoms with E-state index in [-0.39, 0.29) is 5.91 Å². The van der Waals surface area contributed by atoms with Gasteiger partial charge >= 0.3 is 0 Å². The van der Waals surface area contributed by atoms with E-state index in [1.807, 2.05) is 48.5 Å². The number of anilines is 1. The number of carbonyl (C=O) groups excluding carboxylic acids is 1. The predicted octanol–water partition coefficient (Wildman–Crippen LogP) is 6.79. The third-order valence-electron chi connectivity index (χ3n) is 5.56. The number of ether oxygens (including phenoxy) is 1. The highest BCUT2D eigenvalue weighted by atomic mass is 35.5. The number of para-hydroxylation sites is 1. The maximum absolute atomic E-state index is 12.9. The average molecular weight is 507 g/mol. The highest BCUT2D eigenvalue weighted by Gasteiger charge is 2.36. The van der Waals surface area contributed by atoms with Crippen molar-refractivity contribution in [1.82, 2.24) is 15.2 Å². The van der Waals surface area contributed by atoms with Crippen molar-refractivity contribution in [1.29, 1.82) is 0 Å². The number of hydrogen-bond donors (Lipinski definition) is 0. The zero-order chi connectivity index (χ0) is 24.4. The van der Waals surface area contributed by atoms with Crippen molar-refractivity contribution in [3.05, 3.63) is 71.4 Å². The van der Waals surface area contributed by atoms with Crippen LogP contribution < -0.4 is 9.64 Å². The molecule has 0 radical (unpaired) electrons. The van der Waals surface area contributed by atoms with Gasteiger partial charge in [0, 0.05) is 28.8 Å². The number of hydrogen-bond acceptors (Lipinski definition) is 7. The van der Waals surface area contributed by atoms with Gasteiger partial charge in [-0.1, -0.05) is 67.0 Å². The lowest BCUT2D eigenvalue weighted by Gasteiger charge is -2.28. The molecule has 2 aromatic carbocycles. The monoisotopic (exact) mass is 506 g/mol. The van der Waals surface area contributed by atoms with Crippen LogP contribution >= 0.6 is 23.4 Å². The van der Waals surface area contributed by atoms with E-state index in [9.17, 15) is 4.79 Å². The summed E-state index contributed by atoms with van der Waals surface area (Å²) in [4.78, 5) is 19.2. The van der Waals surface area contributed by atoms with E-state index in [1.54, 1.807) is 17.0 Å². The molecule has 0 spiro atoms. The van der Waals surface area contributed by atoms with E-state index in [1.165, 1.54) is 18.7 Å². The molecule has 1 aliphatic rings. The smallest absolute Gasteiger partial charge is 0.247 e. The molecule has 35 heavy (non-hydrogen) atoms. The van der Waals surface area contributed by atoms with Gasteiger partial charge in [0.05, 0.1) is 5.69 Å². The molecule has 1 atom stereocenters. The van der Waals surface area contributed by atoms with Crippen molar-refractivity contribution in [2.75, 3.05) is 10.7 Å². The molecule has 0 saturated carbocycles. The summed E-state index contributed by atoms with van der Waals surface area (Å²) in [6.45, 7) is 3.63. The Kier molecular flexibility index (Phi) is 6.74. The Labute approximate surface area is 212 Å². The minimum absolute atomic E-state index is 0.207. The summed E-state index contributed by atoms with van der Waals surface area (Å²) in [5.74, 6) is 2.06. The zero-order valence-electron chi connectivity index (χ0n) is 19.3. The van der Waals surface area contributed by atoms with E-state index >= 15 is 0 Å². The van der Waals surface area contributed by atoms with Crippen LogP contribution in [0, 0.1) is 0 Å². The number of carbonyl (C=O) groups is 1. The Balaban J connectivity index is 1.60. The van der Waals surface area contributed by atoms with Crippen molar-refractivity contribution >= 4 is 35.0 Å². The van der Waals surface area contributed by atoms with Gasteiger partial charge < -0.3 is 9.15 Å². The van der Waals surface area contributed by atoms with Crippen LogP contribution in [0.15, 0.2) is 70.2 Å². The lowest BCUT2D eigenvalue weighted by atomic mass is 10.1. The number of furan rings is 1. The molecule has 0 N–H and O–H groups in total. The van der Waals surface area contributed by atoms with Crippen LogP contribution in [0.5, 0.6) is 5.88 Å². The van der Waals surface area contributed by atoms with Crippen LogP contribution in [-0.2, 0) is 4.79 Å². The first-order chi connectivity index (χ1) is 17.0. The fourth-order valence-corrected chi connectivity index (χ4v) is 4.94. The lowest BCUT2D eigenvalue weighted by Crippen LogP contribution is -2.35. The van der Waals surface area contributed by atoms with Gasteiger partial charge in [-0.05, 0) is 36.8 Å². The Morgan fingerprint density at radius 1 is 1.11 bits per heavy atom. The first-order valence-corrected chi connectivity index (χ1v) is 12.7. The topological polar surface area (TPSA) is 81.3 Å². The van der Waals surface area contributed by atoms with E-state index in [2.05, 4.69) is 22.1 Å². The van der Waals surface area contributed by atoms with Gasteiger partial charge in [0.1, 0.15) is 5.76 Å². The molecule has 0 aliphatic carbocycles. The van der Waals surface area contributed by atoms with Crippen LogP contribution in [0.4, 0.5) is 5.69 Å².